The highest BCUT2D eigenvalue weighted by Crippen LogP contribution is 2.50. The lowest BCUT2D eigenvalue weighted by Gasteiger charge is -2.38. The third kappa shape index (κ3) is 2.76. The third-order valence-electron chi connectivity index (χ3n) is 5.86. The summed E-state index contributed by atoms with van der Waals surface area (Å²) < 4.78 is 28.4. The van der Waals surface area contributed by atoms with E-state index in [9.17, 15) is 4.39 Å². The van der Waals surface area contributed by atoms with Crippen LogP contribution in [0.2, 0.25) is 0 Å². The van der Waals surface area contributed by atoms with Gasteiger partial charge >= 0.3 is 0 Å². The fourth-order valence-corrected chi connectivity index (χ4v) is 4.39. The molecule has 3 aromatic carbocycles. The second-order valence-corrected chi connectivity index (χ2v) is 7.59. The topological polar surface area (TPSA) is 74.1 Å². The number of hydrogen-bond acceptors (Lipinski definition) is 6. The molecule has 2 aliphatic heterocycles. The van der Waals surface area contributed by atoms with Crippen LogP contribution in [0.5, 0.6) is 11.5 Å². The van der Waals surface area contributed by atoms with E-state index in [4.69, 9.17) is 9.47 Å². The molecule has 1 N–H and O–H groups in total. The zero-order chi connectivity index (χ0) is 21.7. The van der Waals surface area contributed by atoms with E-state index in [0.717, 1.165) is 28.1 Å². The summed E-state index contributed by atoms with van der Waals surface area (Å²) in [7, 11) is 1.62. The van der Waals surface area contributed by atoms with Gasteiger partial charge in [0.25, 0.3) is 0 Å². The Morgan fingerprint density at radius 3 is 2.59 bits per heavy atom. The van der Waals surface area contributed by atoms with Gasteiger partial charge in [0, 0.05) is 16.7 Å². The van der Waals surface area contributed by atoms with Crippen LogP contribution in [0.4, 0.5) is 10.3 Å². The van der Waals surface area contributed by atoms with Gasteiger partial charge in [-0.3, -0.25) is 0 Å². The summed E-state index contributed by atoms with van der Waals surface area (Å²) in [4.78, 5) is 0. The van der Waals surface area contributed by atoms with E-state index >= 15 is 0 Å². The molecule has 6 rings (SSSR count). The number of tetrazole rings is 1. The van der Waals surface area contributed by atoms with Crippen LogP contribution in [0.15, 0.2) is 78.4 Å². The highest BCUT2D eigenvalue weighted by atomic mass is 19.1. The normalized spacial score (nSPS) is 18.7. The molecule has 0 radical (unpaired) electrons. The highest BCUT2D eigenvalue weighted by Gasteiger charge is 2.42. The molecule has 0 bridgehead atoms. The van der Waals surface area contributed by atoms with Gasteiger partial charge in [-0.15, -0.1) is 0 Å². The van der Waals surface area contributed by atoms with Crippen LogP contribution in [0, 0.1) is 5.82 Å². The summed E-state index contributed by atoms with van der Waals surface area (Å²) in [6.45, 7) is 0. The van der Waals surface area contributed by atoms with E-state index in [1.165, 1.54) is 6.07 Å². The first kappa shape index (κ1) is 18.6. The average Bonchev–Trinajstić information content (AvgIpc) is 3.31. The minimum absolute atomic E-state index is 0.334. The Hall–Kier alpha value is -4.20. The number of halogens is 1. The second kappa shape index (κ2) is 7.19. The Labute approximate surface area is 183 Å². The molecule has 3 heterocycles. The average molecular weight is 427 g/mol. The summed E-state index contributed by atoms with van der Waals surface area (Å²) in [6, 6.07) is 21.7. The minimum atomic E-state index is -0.668. The summed E-state index contributed by atoms with van der Waals surface area (Å²) >= 11 is 0. The van der Waals surface area contributed by atoms with Crippen molar-refractivity contribution in [2.45, 2.75) is 12.1 Å². The molecule has 4 aromatic rings. The number of benzene rings is 3. The number of fused-ring (bicyclic) bond motifs is 3. The van der Waals surface area contributed by atoms with Crippen molar-refractivity contribution in [1.29, 1.82) is 0 Å². The van der Waals surface area contributed by atoms with E-state index < -0.39 is 12.1 Å². The summed E-state index contributed by atoms with van der Waals surface area (Å²) in [5.74, 6) is 1.58. The van der Waals surface area contributed by atoms with Crippen LogP contribution in [-0.2, 0) is 0 Å². The molecule has 0 saturated heterocycles. The van der Waals surface area contributed by atoms with Crippen molar-refractivity contribution < 1.29 is 13.9 Å². The maximum atomic E-state index is 15.0. The molecular formula is C24H18FN5O2. The zero-order valence-corrected chi connectivity index (χ0v) is 17.1. The predicted octanol–water partition coefficient (Wildman–Crippen LogP) is 4.38. The molecule has 0 spiro atoms. The van der Waals surface area contributed by atoms with Crippen molar-refractivity contribution in [1.82, 2.24) is 20.2 Å². The van der Waals surface area contributed by atoms with Gasteiger partial charge in [-0.25, -0.2) is 4.39 Å². The first-order valence-corrected chi connectivity index (χ1v) is 10.2. The van der Waals surface area contributed by atoms with Gasteiger partial charge in [0.05, 0.1) is 12.8 Å². The van der Waals surface area contributed by atoms with Gasteiger partial charge in [0.2, 0.25) is 5.95 Å². The van der Waals surface area contributed by atoms with Crippen LogP contribution >= 0.6 is 0 Å². The quantitative estimate of drug-likeness (QED) is 0.523. The molecule has 0 amide bonds. The van der Waals surface area contributed by atoms with Gasteiger partial charge in [0.15, 0.2) is 6.10 Å². The first-order valence-electron chi connectivity index (χ1n) is 10.2. The van der Waals surface area contributed by atoms with Gasteiger partial charge in [-0.1, -0.05) is 47.6 Å². The first-order chi connectivity index (χ1) is 15.7. The number of nitrogens with zero attached hydrogens (tertiary/aromatic N) is 4. The molecular weight excluding hydrogens is 409 g/mol. The predicted molar refractivity (Wildman–Crippen MR) is 116 cm³/mol. The van der Waals surface area contributed by atoms with E-state index in [1.807, 2.05) is 54.6 Å². The van der Waals surface area contributed by atoms with Crippen LogP contribution in [0.3, 0.4) is 0 Å². The van der Waals surface area contributed by atoms with Crippen molar-refractivity contribution in [2.75, 3.05) is 12.4 Å². The molecule has 0 fully saturated rings. The number of methoxy groups -OCH3 is 1. The van der Waals surface area contributed by atoms with Crippen LogP contribution in [-0.4, -0.2) is 27.3 Å². The number of anilines is 1. The number of para-hydroxylation sites is 1. The lowest BCUT2D eigenvalue weighted by Crippen LogP contribution is -2.32. The van der Waals surface area contributed by atoms with Gasteiger partial charge < -0.3 is 14.8 Å². The number of aromatic nitrogens is 4. The molecule has 0 aliphatic carbocycles. The SMILES string of the molecule is COc1ccc([C@@H]2C3=C(Nc4nnnn42)c2ccccc2O[C@H]3c2ccccc2F)cc1. The fraction of sp³-hybridized carbons (Fsp3) is 0.125. The van der Waals surface area contributed by atoms with E-state index in [-0.39, 0.29) is 5.82 Å². The third-order valence-corrected chi connectivity index (χ3v) is 5.86. The molecule has 7 nitrogen and oxygen atoms in total. The van der Waals surface area contributed by atoms with Crippen LogP contribution < -0.4 is 14.8 Å². The molecule has 32 heavy (non-hydrogen) atoms. The van der Waals surface area contributed by atoms with E-state index in [1.54, 1.807) is 23.9 Å². The monoisotopic (exact) mass is 427 g/mol. The Balaban J connectivity index is 1.62. The van der Waals surface area contributed by atoms with Gasteiger partial charge in [-0.05, 0) is 46.3 Å². The Morgan fingerprint density at radius 2 is 1.78 bits per heavy atom. The molecule has 1 aromatic heterocycles. The number of rotatable bonds is 3. The fourth-order valence-electron chi connectivity index (χ4n) is 4.39. The molecule has 0 saturated carbocycles. The Morgan fingerprint density at radius 1 is 1.00 bits per heavy atom. The standard InChI is InChI=1S/C24H18FN5O2/c1-31-15-12-10-14(11-13-15)22-20-21(26-24-27-28-29-30(22)24)17-7-3-5-9-19(17)32-23(20)16-6-2-4-8-18(16)25/h2-13,22-23H,1H3,(H,26,27,29)/t22-,23+/m1/s1. The van der Waals surface area contributed by atoms with Crippen molar-refractivity contribution in [3.8, 4) is 11.5 Å². The maximum Gasteiger partial charge on any atom is 0.248 e. The second-order valence-electron chi connectivity index (χ2n) is 7.59. The van der Waals surface area contributed by atoms with Gasteiger partial charge in [-0.2, -0.15) is 4.68 Å². The zero-order valence-electron chi connectivity index (χ0n) is 17.1. The smallest absolute Gasteiger partial charge is 0.248 e. The minimum Gasteiger partial charge on any atom is -0.497 e. The number of nitrogens with one attached hydrogen (secondary N) is 1. The largest absolute Gasteiger partial charge is 0.497 e. The summed E-state index contributed by atoms with van der Waals surface area (Å²) in [5.41, 5.74) is 3.91. The summed E-state index contributed by atoms with van der Waals surface area (Å²) in [6.07, 6.45) is -0.668. The Kier molecular flexibility index (Phi) is 4.17. The van der Waals surface area contributed by atoms with Crippen molar-refractivity contribution in [3.05, 3.63) is 101 Å². The maximum absolute atomic E-state index is 15.0. The van der Waals surface area contributed by atoms with Crippen molar-refractivity contribution in [2.24, 2.45) is 0 Å². The van der Waals surface area contributed by atoms with Crippen molar-refractivity contribution >= 4 is 11.6 Å². The lowest BCUT2D eigenvalue weighted by molar-refractivity contribution is 0.217. The lowest BCUT2D eigenvalue weighted by atomic mass is 9.84. The Bertz CT molecular complexity index is 1350. The summed E-state index contributed by atoms with van der Waals surface area (Å²) in [5, 5.41) is 15.6. The molecule has 2 aliphatic rings. The number of hydrogen-bond donors (Lipinski definition) is 1. The molecule has 158 valence electrons. The highest BCUT2D eigenvalue weighted by molar-refractivity contribution is 5.85. The molecule has 8 heteroatoms. The van der Waals surface area contributed by atoms with Gasteiger partial charge in [0.1, 0.15) is 23.4 Å². The van der Waals surface area contributed by atoms with E-state index in [2.05, 4.69) is 20.8 Å². The van der Waals surface area contributed by atoms with Crippen molar-refractivity contribution in [3.63, 3.8) is 0 Å². The van der Waals surface area contributed by atoms with Crippen LogP contribution in [0.25, 0.3) is 5.70 Å². The number of ether oxygens (including phenoxy) is 2. The molecule has 2 atom stereocenters. The molecule has 0 unspecified atom stereocenters. The van der Waals surface area contributed by atoms with Crippen LogP contribution in [0.1, 0.15) is 28.8 Å². The van der Waals surface area contributed by atoms with E-state index in [0.29, 0.717) is 17.3 Å².